The first kappa shape index (κ1) is 16.3. The number of furan rings is 1. The summed E-state index contributed by atoms with van der Waals surface area (Å²) in [4.78, 5) is 19.2. The van der Waals surface area contributed by atoms with Crippen LogP contribution in [0.4, 0.5) is 5.13 Å². The molecule has 5 heteroatoms. The first-order valence-corrected chi connectivity index (χ1v) is 9.06. The van der Waals surface area contributed by atoms with Crippen molar-refractivity contribution in [1.29, 1.82) is 0 Å². The third-order valence-electron chi connectivity index (χ3n) is 3.99. The van der Waals surface area contributed by atoms with Gasteiger partial charge in [0, 0.05) is 22.9 Å². The van der Waals surface area contributed by atoms with Gasteiger partial charge in [-0.25, -0.2) is 4.98 Å². The van der Waals surface area contributed by atoms with E-state index in [0.717, 1.165) is 16.6 Å². The molecule has 0 aliphatic carbocycles. The molecule has 0 spiro atoms. The molecule has 2 heterocycles. The molecule has 4 aromatic rings. The molecule has 0 unspecified atom stereocenters. The normalized spacial score (nSPS) is 10.8. The maximum atomic E-state index is 13.0. The molecule has 26 heavy (non-hydrogen) atoms. The Morgan fingerprint density at radius 1 is 1.15 bits per heavy atom. The Bertz CT molecular complexity index is 1030. The summed E-state index contributed by atoms with van der Waals surface area (Å²) in [7, 11) is 0. The zero-order valence-electron chi connectivity index (χ0n) is 14.0. The smallest absolute Gasteiger partial charge is 0.296 e. The summed E-state index contributed by atoms with van der Waals surface area (Å²) in [6, 6.07) is 19.2. The van der Waals surface area contributed by atoms with Crippen molar-refractivity contribution in [3.8, 4) is 11.3 Å². The fourth-order valence-electron chi connectivity index (χ4n) is 2.73. The molecule has 0 saturated heterocycles. The predicted octanol–water partition coefficient (Wildman–Crippen LogP) is 5.39. The number of nitrogens with zero attached hydrogens (tertiary/aromatic N) is 2. The van der Waals surface area contributed by atoms with Crippen LogP contribution in [-0.4, -0.2) is 17.4 Å². The van der Waals surface area contributed by atoms with E-state index in [0.29, 0.717) is 23.0 Å². The van der Waals surface area contributed by atoms with E-state index in [1.807, 2.05) is 60.0 Å². The second kappa shape index (κ2) is 6.98. The number of amides is 1. The number of carbonyl (C=O) groups excluding carboxylic acids is 1. The number of para-hydroxylation sites is 1. The van der Waals surface area contributed by atoms with Gasteiger partial charge in [-0.1, -0.05) is 54.6 Å². The number of anilines is 1. The Hall–Kier alpha value is -3.18. The van der Waals surface area contributed by atoms with Crippen LogP contribution in [0.5, 0.6) is 0 Å². The maximum absolute atomic E-state index is 13.0. The van der Waals surface area contributed by atoms with E-state index in [9.17, 15) is 4.79 Å². The highest BCUT2D eigenvalue weighted by Gasteiger charge is 2.23. The quantitative estimate of drug-likeness (QED) is 0.448. The second-order valence-electron chi connectivity index (χ2n) is 5.73. The van der Waals surface area contributed by atoms with Crippen molar-refractivity contribution < 1.29 is 9.21 Å². The van der Waals surface area contributed by atoms with E-state index in [-0.39, 0.29) is 5.91 Å². The van der Waals surface area contributed by atoms with Gasteiger partial charge in [-0.15, -0.1) is 17.9 Å². The minimum atomic E-state index is -0.227. The molecule has 0 fully saturated rings. The summed E-state index contributed by atoms with van der Waals surface area (Å²) in [5.74, 6) is 0.0690. The summed E-state index contributed by atoms with van der Waals surface area (Å²) >= 11 is 1.43. The molecule has 4 rings (SSSR count). The van der Waals surface area contributed by atoms with E-state index in [2.05, 4.69) is 11.6 Å². The van der Waals surface area contributed by atoms with Gasteiger partial charge in [-0.3, -0.25) is 9.69 Å². The summed E-state index contributed by atoms with van der Waals surface area (Å²) in [6.07, 6.45) is 1.68. The van der Waals surface area contributed by atoms with Crippen LogP contribution in [0.15, 0.2) is 83.1 Å². The Morgan fingerprint density at radius 2 is 1.92 bits per heavy atom. The summed E-state index contributed by atoms with van der Waals surface area (Å²) in [5.41, 5.74) is 2.56. The van der Waals surface area contributed by atoms with Gasteiger partial charge in [0.05, 0.1) is 5.69 Å². The highest BCUT2D eigenvalue weighted by Crippen LogP contribution is 2.29. The monoisotopic (exact) mass is 360 g/mol. The lowest BCUT2D eigenvalue weighted by atomic mass is 10.2. The molecule has 0 radical (unpaired) electrons. The lowest BCUT2D eigenvalue weighted by Crippen LogP contribution is -2.30. The van der Waals surface area contributed by atoms with Crippen LogP contribution in [0.1, 0.15) is 10.6 Å². The summed E-state index contributed by atoms with van der Waals surface area (Å²) in [6.45, 7) is 4.12. The number of aromatic nitrogens is 1. The predicted molar refractivity (Wildman–Crippen MR) is 106 cm³/mol. The SMILES string of the molecule is C=CCN(C(=O)c1cc2ccccc2o1)c1nc(-c2ccccc2)cs1. The van der Waals surface area contributed by atoms with Crippen LogP contribution in [-0.2, 0) is 0 Å². The Labute approximate surface area is 155 Å². The van der Waals surface area contributed by atoms with E-state index >= 15 is 0 Å². The van der Waals surface area contributed by atoms with Crippen LogP contribution in [0.3, 0.4) is 0 Å². The zero-order valence-corrected chi connectivity index (χ0v) is 14.8. The van der Waals surface area contributed by atoms with Gasteiger partial charge in [0.2, 0.25) is 0 Å². The van der Waals surface area contributed by atoms with Crippen molar-refractivity contribution >= 4 is 33.3 Å². The Morgan fingerprint density at radius 3 is 2.69 bits per heavy atom. The molecule has 0 atom stereocenters. The Kier molecular flexibility index (Phi) is 4.37. The Balaban J connectivity index is 1.68. The van der Waals surface area contributed by atoms with Gasteiger partial charge < -0.3 is 4.42 Å². The zero-order chi connectivity index (χ0) is 17.9. The van der Waals surface area contributed by atoms with Crippen molar-refractivity contribution in [2.45, 2.75) is 0 Å². The van der Waals surface area contributed by atoms with E-state index in [1.165, 1.54) is 11.3 Å². The molecule has 1 amide bonds. The minimum absolute atomic E-state index is 0.227. The number of hydrogen-bond donors (Lipinski definition) is 0. The number of fused-ring (bicyclic) bond motifs is 1. The van der Waals surface area contributed by atoms with Crippen molar-refractivity contribution in [2.75, 3.05) is 11.4 Å². The van der Waals surface area contributed by atoms with Crippen LogP contribution in [0.25, 0.3) is 22.2 Å². The number of hydrogen-bond acceptors (Lipinski definition) is 4. The molecule has 2 aromatic heterocycles. The van der Waals surface area contributed by atoms with Gasteiger partial charge in [-0.2, -0.15) is 0 Å². The van der Waals surface area contributed by atoms with Gasteiger partial charge in [0.15, 0.2) is 10.9 Å². The molecule has 0 aliphatic heterocycles. The summed E-state index contributed by atoms with van der Waals surface area (Å²) < 4.78 is 5.72. The van der Waals surface area contributed by atoms with Crippen molar-refractivity contribution in [3.63, 3.8) is 0 Å². The standard InChI is InChI=1S/C21H16N2O2S/c1-2-12-23(20(24)19-13-16-10-6-7-11-18(16)25-19)21-22-17(14-26-21)15-8-4-3-5-9-15/h2-11,13-14H,1,12H2. The van der Waals surface area contributed by atoms with Crippen LogP contribution >= 0.6 is 11.3 Å². The lowest BCUT2D eigenvalue weighted by Gasteiger charge is -2.16. The van der Waals surface area contributed by atoms with Crippen LogP contribution in [0.2, 0.25) is 0 Å². The average Bonchev–Trinajstić information content (AvgIpc) is 3.33. The first-order valence-electron chi connectivity index (χ1n) is 8.18. The fourth-order valence-corrected chi connectivity index (χ4v) is 3.57. The highest BCUT2D eigenvalue weighted by atomic mass is 32.1. The van der Waals surface area contributed by atoms with Gasteiger partial charge in [-0.05, 0) is 12.1 Å². The molecule has 0 N–H and O–H groups in total. The number of carbonyl (C=O) groups is 1. The van der Waals surface area contributed by atoms with Gasteiger partial charge in [0.25, 0.3) is 5.91 Å². The van der Waals surface area contributed by atoms with Gasteiger partial charge in [0.1, 0.15) is 5.58 Å². The molecule has 128 valence electrons. The van der Waals surface area contributed by atoms with E-state index < -0.39 is 0 Å². The minimum Gasteiger partial charge on any atom is -0.451 e. The van der Waals surface area contributed by atoms with E-state index in [4.69, 9.17) is 4.42 Å². The fraction of sp³-hybridized carbons (Fsp3) is 0.0476. The number of rotatable bonds is 5. The lowest BCUT2D eigenvalue weighted by molar-refractivity contribution is 0.0965. The first-order chi connectivity index (χ1) is 12.8. The molecule has 0 aliphatic rings. The molecule has 2 aromatic carbocycles. The van der Waals surface area contributed by atoms with Crippen molar-refractivity contribution in [2.24, 2.45) is 0 Å². The van der Waals surface area contributed by atoms with Crippen LogP contribution < -0.4 is 4.90 Å². The molecule has 4 nitrogen and oxygen atoms in total. The maximum Gasteiger partial charge on any atom is 0.296 e. The number of thiazole rings is 1. The van der Waals surface area contributed by atoms with E-state index in [1.54, 1.807) is 17.0 Å². The highest BCUT2D eigenvalue weighted by molar-refractivity contribution is 7.14. The second-order valence-corrected chi connectivity index (χ2v) is 6.57. The molecular weight excluding hydrogens is 344 g/mol. The molecular formula is C21H16N2O2S. The molecule has 0 saturated carbocycles. The third kappa shape index (κ3) is 3.05. The van der Waals surface area contributed by atoms with Gasteiger partial charge >= 0.3 is 0 Å². The van der Waals surface area contributed by atoms with Crippen molar-refractivity contribution in [1.82, 2.24) is 4.98 Å². The topological polar surface area (TPSA) is 46.3 Å². The largest absolute Gasteiger partial charge is 0.451 e. The van der Waals surface area contributed by atoms with Crippen LogP contribution in [0, 0.1) is 0 Å². The summed E-state index contributed by atoms with van der Waals surface area (Å²) in [5, 5.41) is 3.47. The average molecular weight is 360 g/mol. The molecule has 0 bridgehead atoms. The number of benzene rings is 2. The van der Waals surface area contributed by atoms with Crippen molar-refractivity contribution in [3.05, 3.63) is 84.5 Å². The third-order valence-corrected chi connectivity index (χ3v) is 4.85.